The Bertz CT molecular complexity index is 1160. The summed E-state index contributed by atoms with van der Waals surface area (Å²) in [4.78, 5) is 19.3. The topological polar surface area (TPSA) is 85.3 Å². The number of aryl methyl sites for hydroxylation is 1. The van der Waals surface area contributed by atoms with Crippen LogP contribution in [0.5, 0.6) is 5.88 Å². The number of halogens is 3. The molecule has 1 saturated heterocycles. The van der Waals surface area contributed by atoms with Gasteiger partial charge in [-0.25, -0.2) is 9.97 Å². The van der Waals surface area contributed by atoms with Crippen molar-refractivity contribution in [3.8, 4) is 5.88 Å². The molecule has 11 heteroatoms. The lowest BCUT2D eigenvalue weighted by molar-refractivity contribution is -0.138. The maximum absolute atomic E-state index is 12.7. The second kappa shape index (κ2) is 9.80. The van der Waals surface area contributed by atoms with Gasteiger partial charge in [0.25, 0.3) is 0 Å². The van der Waals surface area contributed by atoms with Gasteiger partial charge in [-0.3, -0.25) is 4.98 Å². The molecule has 1 aliphatic carbocycles. The molecular weight excluding hydrogens is 461 g/mol. The Morgan fingerprint density at radius 3 is 2.40 bits per heavy atom. The molecule has 0 aromatic carbocycles. The van der Waals surface area contributed by atoms with Crippen molar-refractivity contribution in [3.05, 3.63) is 41.9 Å². The number of aromatic nitrogens is 4. The molecule has 3 aromatic heterocycles. The number of rotatable bonds is 5. The van der Waals surface area contributed by atoms with Crippen molar-refractivity contribution < 1.29 is 22.6 Å². The largest absolute Gasteiger partial charge is 0.474 e. The Labute approximate surface area is 200 Å². The average molecular weight is 489 g/mol. The zero-order valence-corrected chi connectivity index (χ0v) is 19.4. The maximum Gasteiger partial charge on any atom is 0.419 e. The molecule has 1 aliphatic heterocycles. The minimum atomic E-state index is -4.45. The molecule has 0 unspecified atom stereocenters. The van der Waals surface area contributed by atoms with Crippen molar-refractivity contribution in [1.29, 1.82) is 0 Å². The van der Waals surface area contributed by atoms with Gasteiger partial charge in [-0.15, -0.1) is 0 Å². The number of morpholine rings is 1. The smallest absolute Gasteiger partial charge is 0.419 e. The second-order valence-corrected chi connectivity index (χ2v) is 8.99. The number of fused-ring (bicyclic) bond motifs is 1. The first kappa shape index (κ1) is 23.5. The van der Waals surface area contributed by atoms with E-state index in [1.54, 1.807) is 0 Å². The van der Waals surface area contributed by atoms with Gasteiger partial charge in [0.15, 0.2) is 0 Å². The number of hydrogen-bond donors (Lipinski definition) is 1. The molecule has 5 rings (SSSR count). The first-order valence-corrected chi connectivity index (χ1v) is 11.8. The molecule has 1 N–H and O–H groups in total. The summed E-state index contributed by atoms with van der Waals surface area (Å²) < 4.78 is 50.0. The highest BCUT2D eigenvalue weighted by atomic mass is 19.4. The fourth-order valence-corrected chi connectivity index (χ4v) is 4.44. The van der Waals surface area contributed by atoms with Gasteiger partial charge in [0.05, 0.1) is 29.7 Å². The maximum atomic E-state index is 12.7. The quantitative estimate of drug-likeness (QED) is 0.566. The van der Waals surface area contributed by atoms with Gasteiger partial charge < -0.3 is 19.7 Å². The molecule has 35 heavy (non-hydrogen) atoms. The van der Waals surface area contributed by atoms with E-state index in [4.69, 9.17) is 14.5 Å². The number of nitrogens with one attached hydrogen (secondary N) is 1. The molecule has 4 heterocycles. The number of ether oxygens (including phenoxy) is 2. The molecule has 0 atom stereocenters. The summed E-state index contributed by atoms with van der Waals surface area (Å²) >= 11 is 0. The van der Waals surface area contributed by atoms with E-state index in [1.165, 1.54) is 0 Å². The van der Waals surface area contributed by atoms with Gasteiger partial charge in [-0.2, -0.15) is 18.2 Å². The summed E-state index contributed by atoms with van der Waals surface area (Å²) in [5.74, 6) is 1.62. The van der Waals surface area contributed by atoms with Crippen LogP contribution in [-0.2, 0) is 10.9 Å². The van der Waals surface area contributed by atoms with Crippen LogP contribution < -0.4 is 15.0 Å². The van der Waals surface area contributed by atoms with Gasteiger partial charge in [0.2, 0.25) is 11.8 Å². The van der Waals surface area contributed by atoms with E-state index in [0.29, 0.717) is 19.1 Å². The normalized spacial score (nSPS) is 21.2. The standard InChI is InChI=1S/C24H27F3N6O2/c1-15-10-19-20(28-12-15)11-21(33-6-8-34-9-7-33)32-22(19)35-18-4-2-17(3-5-18)31-23-29-13-16(14-30-23)24(25,26)27/h10-14,17-18H,2-9H2,1H3,(H,29,30,31)/t17-,18+. The van der Waals surface area contributed by atoms with Gasteiger partial charge >= 0.3 is 6.18 Å². The van der Waals surface area contributed by atoms with E-state index in [2.05, 4.69) is 25.2 Å². The van der Waals surface area contributed by atoms with E-state index >= 15 is 0 Å². The fraction of sp³-hybridized carbons (Fsp3) is 0.500. The highest BCUT2D eigenvalue weighted by Gasteiger charge is 2.31. The third kappa shape index (κ3) is 5.55. The zero-order chi connectivity index (χ0) is 24.4. The highest BCUT2D eigenvalue weighted by Crippen LogP contribution is 2.32. The number of anilines is 2. The number of pyridine rings is 2. The van der Waals surface area contributed by atoms with Crippen LogP contribution in [0.2, 0.25) is 0 Å². The predicted octanol–water partition coefficient (Wildman–Crippen LogP) is 4.39. The lowest BCUT2D eigenvalue weighted by Crippen LogP contribution is -2.37. The fourth-order valence-electron chi connectivity index (χ4n) is 4.44. The van der Waals surface area contributed by atoms with Crippen molar-refractivity contribution in [2.45, 2.75) is 50.9 Å². The van der Waals surface area contributed by atoms with Crippen molar-refractivity contribution >= 4 is 22.7 Å². The van der Waals surface area contributed by atoms with Crippen molar-refractivity contribution in [2.24, 2.45) is 0 Å². The SMILES string of the molecule is Cc1cnc2cc(N3CCOCC3)nc(O[C@H]3CC[C@@H](Nc4ncc(C(F)(F)F)cn4)CC3)c2c1. The molecule has 8 nitrogen and oxygen atoms in total. The molecule has 3 aromatic rings. The summed E-state index contributed by atoms with van der Waals surface area (Å²) in [6.07, 6.45) is 2.12. The van der Waals surface area contributed by atoms with E-state index in [-0.39, 0.29) is 18.1 Å². The van der Waals surface area contributed by atoms with Crippen LogP contribution in [0.15, 0.2) is 30.7 Å². The Balaban J connectivity index is 1.25. The Hall–Kier alpha value is -3.21. The Kier molecular flexibility index (Phi) is 6.59. The average Bonchev–Trinajstić information content (AvgIpc) is 2.86. The molecule has 2 fully saturated rings. The number of alkyl halides is 3. The monoisotopic (exact) mass is 488 g/mol. The summed E-state index contributed by atoms with van der Waals surface area (Å²) in [5, 5.41) is 4.03. The Morgan fingerprint density at radius 1 is 1.00 bits per heavy atom. The first-order chi connectivity index (χ1) is 16.8. The molecule has 0 radical (unpaired) electrons. The summed E-state index contributed by atoms with van der Waals surface area (Å²) in [6, 6.07) is 4.11. The van der Waals surface area contributed by atoms with Crippen LogP contribution in [0.25, 0.3) is 10.9 Å². The van der Waals surface area contributed by atoms with E-state index in [1.807, 2.05) is 25.3 Å². The highest BCUT2D eigenvalue weighted by molar-refractivity contribution is 5.86. The molecule has 186 valence electrons. The van der Waals surface area contributed by atoms with Crippen molar-refractivity contribution in [1.82, 2.24) is 19.9 Å². The lowest BCUT2D eigenvalue weighted by Gasteiger charge is -2.31. The van der Waals surface area contributed by atoms with Crippen LogP contribution in [0.3, 0.4) is 0 Å². The van der Waals surface area contributed by atoms with Gasteiger partial charge in [0.1, 0.15) is 11.9 Å². The lowest BCUT2D eigenvalue weighted by atomic mass is 9.93. The molecular formula is C24H27F3N6O2. The van der Waals surface area contributed by atoms with E-state index < -0.39 is 11.7 Å². The van der Waals surface area contributed by atoms with Gasteiger partial charge in [0, 0.05) is 43.8 Å². The molecule has 1 saturated carbocycles. The van der Waals surface area contributed by atoms with Crippen LogP contribution in [0.4, 0.5) is 24.9 Å². The Morgan fingerprint density at radius 2 is 1.71 bits per heavy atom. The predicted molar refractivity (Wildman–Crippen MR) is 125 cm³/mol. The van der Waals surface area contributed by atoms with Gasteiger partial charge in [-0.05, 0) is 44.2 Å². The van der Waals surface area contributed by atoms with Gasteiger partial charge in [-0.1, -0.05) is 0 Å². The van der Waals surface area contributed by atoms with Crippen molar-refractivity contribution in [2.75, 3.05) is 36.5 Å². The zero-order valence-electron chi connectivity index (χ0n) is 19.4. The van der Waals surface area contributed by atoms with Crippen molar-refractivity contribution in [3.63, 3.8) is 0 Å². The minimum absolute atomic E-state index is 0.0160. The number of hydrogen-bond acceptors (Lipinski definition) is 8. The third-order valence-electron chi connectivity index (χ3n) is 6.37. The van der Waals surface area contributed by atoms with Crippen LogP contribution in [0.1, 0.15) is 36.8 Å². The second-order valence-electron chi connectivity index (χ2n) is 8.99. The molecule has 0 spiro atoms. The molecule has 0 amide bonds. The summed E-state index contributed by atoms with van der Waals surface area (Å²) in [6.45, 7) is 4.86. The minimum Gasteiger partial charge on any atom is -0.474 e. The van der Waals surface area contributed by atoms with E-state index in [0.717, 1.165) is 73.5 Å². The van der Waals surface area contributed by atoms with E-state index in [9.17, 15) is 13.2 Å². The summed E-state index contributed by atoms with van der Waals surface area (Å²) in [5.41, 5.74) is 1.02. The van der Waals surface area contributed by atoms with Crippen LogP contribution in [-0.4, -0.2) is 58.4 Å². The summed E-state index contributed by atoms with van der Waals surface area (Å²) in [7, 11) is 0. The molecule has 0 bridgehead atoms. The number of nitrogens with zero attached hydrogens (tertiary/aromatic N) is 5. The first-order valence-electron chi connectivity index (χ1n) is 11.8. The van der Waals surface area contributed by atoms with Crippen LogP contribution in [0, 0.1) is 6.92 Å². The van der Waals surface area contributed by atoms with Crippen LogP contribution >= 0.6 is 0 Å². The molecule has 2 aliphatic rings. The third-order valence-corrected chi connectivity index (χ3v) is 6.37.